The number of aliphatic hydroxyl groups is 1. The molecule has 1 atom stereocenters. The van der Waals surface area contributed by atoms with Gasteiger partial charge in [0.2, 0.25) is 0 Å². The highest BCUT2D eigenvalue weighted by Crippen LogP contribution is 2.42. The maximum atomic E-state index is 11.3. The third-order valence-corrected chi connectivity index (χ3v) is 6.33. The molecule has 0 bridgehead atoms. The summed E-state index contributed by atoms with van der Waals surface area (Å²) in [6.45, 7) is 4.37. The standard InChI is InChI=1S/C23H27ClN2O/c1-15(2)21-11-10-20-13-25-14-26(20)22(21)23(27)17-8-6-16(7-9-17)18-4-3-5-19(24)12-18/h3-5,10-17,23,27H,6-9H2,1-2H3/t16?,17?,23-/m1/s1. The van der Waals surface area contributed by atoms with Crippen molar-refractivity contribution in [1.29, 1.82) is 0 Å². The molecule has 27 heavy (non-hydrogen) atoms. The smallest absolute Gasteiger partial charge is 0.0995 e. The molecule has 0 aliphatic heterocycles. The van der Waals surface area contributed by atoms with Gasteiger partial charge in [-0.05, 0) is 72.8 Å². The molecule has 3 aromatic rings. The Bertz CT molecular complexity index is 925. The highest BCUT2D eigenvalue weighted by molar-refractivity contribution is 6.30. The predicted octanol–water partition coefficient (Wildman–Crippen LogP) is 6.12. The fourth-order valence-corrected chi connectivity index (χ4v) is 4.78. The van der Waals surface area contributed by atoms with Gasteiger partial charge in [0.1, 0.15) is 0 Å². The lowest BCUT2D eigenvalue weighted by molar-refractivity contribution is 0.0752. The van der Waals surface area contributed by atoms with Gasteiger partial charge in [-0.25, -0.2) is 4.98 Å². The summed E-state index contributed by atoms with van der Waals surface area (Å²) < 4.78 is 2.07. The molecule has 142 valence electrons. The number of halogens is 1. The molecule has 1 aromatic carbocycles. The molecule has 0 unspecified atom stereocenters. The van der Waals surface area contributed by atoms with Crippen molar-refractivity contribution in [2.45, 2.75) is 57.5 Å². The Morgan fingerprint density at radius 1 is 1.11 bits per heavy atom. The van der Waals surface area contributed by atoms with Crippen LogP contribution in [0.5, 0.6) is 0 Å². The second kappa shape index (κ2) is 7.65. The molecule has 0 amide bonds. The van der Waals surface area contributed by atoms with Crippen LogP contribution in [0, 0.1) is 5.92 Å². The van der Waals surface area contributed by atoms with Gasteiger partial charge in [0.25, 0.3) is 0 Å². The lowest BCUT2D eigenvalue weighted by Gasteiger charge is -2.33. The number of pyridine rings is 1. The van der Waals surface area contributed by atoms with Gasteiger partial charge >= 0.3 is 0 Å². The lowest BCUT2D eigenvalue weighted by Crippen LogP contribution is -2.22. The molecular weight excluding hydrogens is 356 g/mol. The van der Waals surface area contributed by atoms with Gasteiger partial charge in [0, 0.05) is 5.02 Å². The number of hydrogen-bond donors (Lipinski definition) is 1. The predicted molar refractivity (Wildman–Crippen MR) is 110 cm³/mol. The van der Waals surface area contributed by atoms with Crippen LogP contribution in [0.4, 0.5) is 0 Å². The molecule has 1 fully saturated rings. The molecular formula is C23H27ClN2O. The molecule has 4 heteroatoms. The van der Waals surface area contributed by atoms with Crippen LogP contribution in [0.1, 0.15) is 74.3 Å². The lowest BCUT2D eigenvalue weighted by atomic mass is 9.75. The Balaban J connectivity index is 1.56. The summed E-state index contributed by atoms with van der Waals surface area (Å²) >= 11 is 6.17. The molecule has 2 heterocycles. The van der Waals surface area contributed by atoms with E-state index >= 15 is 0 Å². The first kappa shape index (κ1) is 18.5. The van der Waals surface area contributed by atoms with Crippen LogP contribution in [0.2, 0.25) is 5.02 Å². The summed E-state index contributed by atoms with van der Waals surface area (Å²) in [4.78, 5) is 4.29. The molecule has 2 aromatic heterocycles. The molecule has 1 N–H and O–H groups in total. The topological polar surface area (TPSA) is 37.5 Å². The maximum Gasteiger partial charge on any atom is 0.0995 e. The Morgan fingerprint density at radius 3 is 2.59 bits per heavy atom. The first-order chi connectivity index (χ1) is 13.0. The van der Waals surface area contributed by atoms with E-state index in [4.69, 9.17) is 11.6 Å². The Kier molecular flexibility index (Phi) is 5.25. The number of benzene rings is 1. The highest BCUT2D eigenvalue weighted by Gasteiger charge is 2.31. The van der Waals surface area contributed by atoms with E-state index in [-0.39, 0.29) is 5.92 Å². The fourth-order valence-electron chi connectivity index (χ4n) is 4.58. The number of rotatable bonds is 4. The molecule has 4 rings (SSSR count). The second-order valence-corrected chi connectivity index (χ2v) is 8.57. The summed E-state index contributed by atoms with van der Waals surface area (Å²) in [6, 6.07) is 12.5. The van der Waals surface area contributed by atoms with Crippen molar-refractivity contribution in [2.24, 2.45) is 5.92 Å². The van der Waals surface area contributed by atoms with Gasteiger partial charge in [-0.2, -0.15) is 0 Å². The molecule has 1 aliphatic rings. The number of fused-ring (bicyclic) bond motifs is 1. The van der Waals surface area contributed by atoms with Crippen LogP contribution in [0.15, 0.2) is 48.9 Å². The van der Waals surface area contributed by atoms with Crippen LogP contribution < -0.4 is 0 Å². The second-order valence-electron chi connectivity index (χ2n) is 8.13. The number of imidazole rings is 1. The van der Waals surface area contributed by atoms with Crippen molar-refractivity contribution >= 4 is 17.1 Å². The van der Waals surface area contributed by atoms with Gasteiger partial charge in [0.15, 0.2) is 0 Å². The highest BCUT2D eigenvalue weighted by atomic mass is 35.5. The van der Waals surface area contributed by atoms with Gasteiger partial charge in [-0.15, -0.1) is 0 Å². The third-order valence-electron chi connectivity index (χ3n) is 6.10. The maximum absolute atomic E-state index is 11.3. The van der Waals surface area contributed by atoms with E-state index in [0.717, 1.165) is 41.9 Å². The van der Waals surface area contributed by atoms with Gasteiger partial charge < -0.3 is 9.51 Å². The van der Waals surface area contributed by atoms with Crippen molar-refractivity contribution in [3.05, 3.63) is 70.8 Å². The molecule has 0 radical (unpaired) electrons. The monoisotopic (exact) mass is 382 g/mol. The van der Waals surface area contributed by atoms with E-state index in [9.17, 15) is 5.11 Å². The molecule has 0 saturated heterocycles. The zero-order chi connectivity index (χ0) is 19.0. The number of aliphatic hydroxyl groups excluding tert-OH is 1. The SMILES string of the molecule is CC(C)c1ccc2cncn2c1[C@H](O)C1CCC(c2cccc(Cl)c2)CC1. The number of nitrogens with zero attached hydrogens (tertiary/aromatic N) is 2. The average molecular weight is 383 g/mol. The van der Waals surface area contributed by atoms with Gasteiger partial charge in [-0.3, -0.25) is 0 Å². The van der Waals surface area contributed by atoms with Gasteiger partial charge in [-0.1, -0.05) is 43.6 Å². The normalized spacial score (nSPS) is 21.7. The van der Waals surface area contributed by atoms with E-state index < -0.39 is 6.10 Å². The Hall–Kier alpha value is -1.84. The Labute approximate surface area is 166 Å². The first-order valence-corrected chi connectivity index (χ1v) is 10.3. The van der Waals surface area contributed by atoms with Crippen molar-refractivity contribution < 1.29 is 5.11 Å². The zero-order valence-corrected chi connectivity index (χ0v) is 16.7. The van der Waals surface area contributed by atoms with Crippen molar-refractivity contribution in [3.8, 4) is 0 Å². The van der Waals surface area contributed by atoms with Crippen molar-refractivity contribution in [2.75, 3.05) is 0 Å². The summed E-state index contributed by atoms with van der Waals surface area (Å²) in [7, 11) is 0. The van der Waals surface area contributed by atoms with Crippen LogP contribution in [-0.4, -0.2) is 14.5 Å². The molecule has 1 saturated carbocycles. The first-order valence-electron chi connectivity index (χ1n) is 9.93. The molecule has 0 spiro atoms. The van der Waals surface area contributed by atoms with Crippen LogP contribution >= 0.6 is 11.6 Å². The largest absolute Gasteiger partial charge is 0.387 e. The van der Waals surface area contributed by atoms with E-state index in [2.05, 4.69) is 47.5 Å². The summed E-state index contributed by atoms with van der Waals surface area (Å²) in [5.41, 5.74) is 4.60. The summed E-state index contributed by atoms with van der Waals surface area (Å²) in [5, 5.41) is 12.1. The third kappa shape index (κ3) is 3.63. The summed E-state index contributed by atoms with van der Waals surface area (Å²) in [6.07, 6.45) is 7.48. The van der Waals surface area contributed by atoms with E-state index in [1.165, 1.54) is 11.1 Å². The van der Waals surface area contributed by atoms with Crippen LogP contribution in [0.25, 0.3) is 5.52 Å². The molecule has 3 nitrogen and oxygen atoms in total. The van der Waals surface area contributed by atoms with Crippen molar-refractivity contribution in [1.82, 2.24) is 9.38 Å². The summed E-state index contributed by atoms with van der Waals surface area (Å²) in [5.74, 6) is 1.19. The van der Waals surface area contributed by atoms with E-state index in [1.807, 2.05) is 24.7 Å². The van der Waals surface area contributed by atoms with E-state index in [0.29, 0.717) is 11.8 Å². The minimum Gasteiger partial charge on any atom is -0.387 e. The van der Waals surface area contributed by atoms with Crippen LogP contribution in [-0.2, 0) is 0 Å². The van der Waals surface area contributed by atoms with Crippen LogP contribution in [0.3, 0.4) is 0 Å². The zero-order valence-electron chi connectivity index (χ0n) is 16.0. The number of aromatic nitrogens is 2. The van der Waals surface area contributed by atoms with Gasteiger partial charge in [0.05, 0.1) is 29.8 Å². The van der Waals surface area contributed by atoms with Crippen molar-refractivity contribution in [3.63, 3.8) is 0 Å². The Morgan fingerprint density at radius 2 is 1.89 bits per heavy atom. The van der Waals surface area contributed by atoms with E-state index in [1.54, 1.807) is 0 Å². The minimum absolute atomic E-state index is 0.283. The molecule has 1 aliphatic carbocycles. The average Bonchev–Trinajstić information content (AvgIpc) is 3.15. The quantitative estimate of drug-likeness (QED) is 0.590. The fraction of sp³-hybridized carbons (Fsp3) is 0.435. The minimum atomic E-state index is -0.458. The number of hydrogen-bond acceptors (Lipinski definition) is 2.